The van der Waals surface area contributed by atoms with Gasteiger partial charge in [0, 0.05) is 45.0 Å². The summed E-state index contributed by atoms with van der Waals surface area (Å²) in [5.74, 6) is 0.470. The van der Waals surface area contributed by atoms with Gasteiger partial charge in [0.1, 0.15) is 0 Å². The molecule has 3 aromatic rings. The number of fused-ring (bicyclic) bond motifs is 1. The molecule has 27 heavy (non-hydrogen) atoms. The number of aryl methyl sites for hydroxylation is 2. The van der Waals surface area contributed by atoms with Crippen molar-refractivity contribution in [2.45, 2.75) is 6.92 Å². The summed E-state index contributed by atoms with van der Waals surface area (Å²) in [6.45, 7) is 4.23. The zero-order valence-electron chi connectivity index (χ0n) is 15.4. The van der Waals surface area contributed by atoms with E-state index in [2.05, 4.69) is 9.97 Å². The highest BCUT2D eigenvalue weighted by molar-refractivity contribution is 5.95. The second-order valence-corrected chi connectivity index (χ2v) is 6.76. The third-order valence-electron chi connectivity index (χ3n) is 5.10. The van der Waals surface area contributed by atoms with Gasteiger partial charge in [-0.15, -0.1) is 0 Å². The van der Waals surface area contributed by atoms with Crippen molar-refractivity contribution in [1.29, 1.82) is 0 Å². The molecular formula is C20H21N5O2. The minimum absolute atomic E-state index is 0.0400. The molecule has 1 saturated heterocycles. The standard InChI is InChI=1S/C20H21N5O2/c1-14-5-3-4-6-15(14)19(26)25-11-9-24(10-12-25)18-20(27)23(2)17-13-21-8-7-16(17)22-18/h3-8,13H,9-12H2,1-2H3. The zero-order chi connectivity index (χ0) is 19.0. The first-order valence-electron chi connectivity index (χ1n) is 8.97. The third-order valence-corrected chi connectivity index (χ3v) is 5.10. The molecule has 7 nitrogen and oxygen atoms in total. The van der Waals surface area contributed by atoms with E-state index in [1.165, 1.54) is 0 Å². The van der Waals surface area contributed by atoms with E-state index in [0.717, 1.165) is 16.6 Å². The summed E-state index contributed by atoms with van der Waals surface area (Å²) in [6, 6.07) is 9.42. The number of hydrogen-bond acceptors (Lipinski definition) is 5. The maximum absolute atomic E-state index is 12.8. The lowest BCUT2D eigenvalue weighted by atomic mass is 10.1. The van der Waals surface area contributed by atoms with E-state index in [4.69, 9.17) is 0 Å². The fourth-order valence-corrected chi connectivity index (χ4v) is 3.46. The summed E-state index contributed by atoms with van der Waals surface area (Å²) in [4.78, 5) is 37.9. The van der Waals surface area contributed by atoms with Gasteiger partial charge in [-0.3, -0.25) is 14.6 Å². The molecule has 0 atom stereocenters. The number of aromatic nitrogens is 3. The number of amides is 1. The van der Waals surface area contributed by atoms with Crippen LogP contribution in [0.2, 0.25) is 0 Å². The molecule has 4 rings (SSSR count). The van der Waals surface area contributed by atoms with Gasteiger partial charge in [-0.1, -0.05) is 18.2 Å². The Kier molecular flexibility index (Phi) is 4.35. The average molecular weight is 363 g/mol. The average Bonchev–Trinajstić information content (AvgIpc) is 2.71. The Hall–Kier alpha value is -3.22. The van der Waals surface area contributed by atoms with E-state index in [-0.39, 0.29) is 11.5 Å². The van der Waals surface area contributed by atoms with Crippen LogP contribution in [0, 0.1) is 6.92 Å². The summed E-state index contributed by atoms with van der Waals surface area (Å²) >= 11 is 0. The molecule has 0 bridgehead atoms. The lowest BCUT2D eigenvalue weighted by Crippen LogP contribution is -2.50. The Balaban J connectivity index is 1.56. The molecule has 0 aliphatic carbocycles. The number of anilines is 1. The first-order valence-corrected chi connectivity index (χ1v) is 8.97. The molecule has 1 fully saturated rings. The van der Waals surface area contributed by atoms with Crippen LogP contribution < -0.4 is 10.5 Å². The molecule has 7 heteroatoms. The molecule has 0 N–H and O–H groups in total. The van der Waals surface area contributed by atoms with Crippen molar-refractivity contribution >= 4 is 22.8 Å². The number of hydrogen-bond donors (Lipinski definition) is 0. The fourth-order valence-electron chi connectivity index (χ4n) is 3.46. The Labute approximate surface area is 156 Å². The molecule has 1 aliphatic heterocycles. The van der Waals surface area contributed by atoms with Crippen molar-refractivity contribution in [3.63, 3.8) is 0 Å². The van der Waals surface area contributed by atoms with Crippen LogP contribution >= 0.6 is 0 Å². The molecule has 1 aliphatic rings. The maximum atomic E-state index is 12.8. The van der Waals surface area contributed by atoms with Crippen LogP contribution in [0.15, 0.2) is 47.5 Å². The van der Waals surface area contributed by atoms with Crippen LogP contribution in [0.25, 0.3) is 11.0 Å². The zero-order valence-corrected chi connectivity index (χ0v) is 15.4. The van der Waals surface area contributed by atoms with E-state index in [1.807, 2.05) is 41.0 Å². The van der Waals surface area contributed by atoms with Crippen molar-refractivity contribution in [2.75, 3.05) is 31.1 Å². The number of benzene rings is 1. The summed E-state index contributed by atoms with van der Waals surface area (Å²) in [6.07, 6.45) is 3.31. The lowest BCUT2D eigenvalue weighted by molar-refractivity contribution is 0.0745. The van der Waals surface area contributed by atoms with Gasteiger partial charge in [-0.25, -0.2) is 4.98 Å². The molecule has 138 valence electrons. The minimum Gasteiger partial charge on any atom is -0.348 e. The largest absolute Gasteiger partial charge is 0.348 e. The predicted octanol–water partition coefficient (Wildman–Crippen LogP) is 1.60. The molecule has 0 spiro atoms. The summed E-state index contributed by atoms with van der Waals surface area (Å²) in [5, 5.41) is 0. The van der Waals surface area contributed by atoms with Gasteiger partial charge in [-0.05, 0) is 24.6 Å². The fraction of sp³-hybridized carbons (Fsp3) is 0.300. The number of pyridine rings is 1. The van der Waals surface area contributed by atoms with E-state index in [9.17, 15) is 9.59 Å². The summed E-state index contributed by atoms with van der Waals surface area (Å²) in [5.41, 5.74) is 3.01. The van der Waals surface area contributed by atoms with Crippen LogP contribution in [-0.4, -0.2) is 51.5 Å². The molecule has 0 unspecified atom stereocenters. The van der Waals surface area contributed by atoms with Gasteiger partial charge in [0.15, 0.2) is 5.82 Å². The van der Waals surface area contributed by atoms with Crippen LogP contribution in [0.1, 0.15) is 15.9 Å². The quantitative estimate of drug-likeness (QED) is 0.692. The van der Waals surface area contributed by atoms with Crippen LogP contribution in [0.3, 0.4) is 0 Å². The number of carbonyl (C=O) groups excluding carboxylic acids is 1. The number of carbonyl (C=O) groups is 1. The summed E-state index contributed by atoms with van der Waals surface area (Å²) in [7, 11) is 1.73. The number of piperazine rings is 1. The highest BCUT2D eigenvalue weighted by atomic mass is 16.2. The Morgan fingerprint density at radius 1 is 1.07 bits per heavy atom. The maximum Gasteiger partial charge on any atom is 0.293 e. The van der Waals surface area contributed by atoms with Crippen LogP contribution in [-0.2, 0) is 7.05 Å². The van der Waals surface area contributed by atoms with Gasteiger partial charge in [0.2, 0.25) is 0 Å². The van der Waals surface area contributed by atoms with Gasteiger partial charge < -0.3 is 14.4 Å². The van der Waals surface area contributed by atoms with Gasteiger partial charge in [0.05, 0.1) is 17.2 Å². The Bertz CT molecular complexity index is 1070. The molecule has 1 aromatic carbocycles. The first kappa shape index (κ1) is 17.2. The van der Waals surface area contributed by atoms with Gasteiger partial charge in [0.25, 0.3) is 11.5 Å². The Morgan fingerprint density at radius 3 is 2.56 bits per heavy atom. The lowest BCUT2D eigenvalue weighted by Gasteiger charge is -2.35. The normalized spacial score (nSPS) is 14.6. The molecule has 1 amide bonds. The van der Waals surface area contributed by atoms with E-state index >= 15 is 0 Å². The van der Waals surface area contributed by atoms with Crippen molar-refractivity contribution in [2.24, 2.45) is 7.05 Å². The van der Waals surface area contributed by atoms with Gasteiger partial charge >= 0.3 is 0 Å². The van der Waals surface area contributed by atoms with Gasteiger partial charge in [-0.2, -0.15) is 0 Å². The van der Waals surface area contributed by atoms with Crippen LogP contribution in [0.5, 0.6) is 0 Å². The second-order valence-electron chi connectivity index (χ2n) is 6.76. The van der Waals surface area contributed by atoms with E-state index in [0.29, 0.717) is 37.5 Å². The molecule has 2 aromatic heterocycles. The number of nitrogens with zero attached hydrogens (tertiary/aromatic N) is 5. The monoisotopic (exact) mass is 363 g/mol. The molecule has 3 heterocycles. The molecule has 0 radical (unpaired) electrons. The SMILES string of the molecule is Cc1ccccc1C(=O)N1CCN(c2nc3ccncc3n(C)c2=O)CC1. The van der Waals surface area contributed by atoms with Crippen molar-refractivity contribution in [1.82, 2.24) is 19.4 Å². The minimum atomic E-state index is -0.144. The van der Waals surface area contributed by atoms with E-state index < -0.39 is 0 Å². The van der Waals surface area contributed by atoms with Crippen LogP contribution in [0.4, 0.5) is 5.82 Å². The summed E-state index contributed by atoms with van der Waals surface area (Å²) < 4.78 is 1.58. The van der Waals surface area contributed by atoms with Crippen molar-refractivity contribution in [3.8, 4) is 0 Å². The highest BCUT2D eigenvalue weighted by Crippen LogP contribution is 2.17. The molecule has 0 saturated carbocycles. The van der Waals surface area contributed by atoms with E-state index in [1.54, 1.807) is 30.1 Å². The molecular weight excluding hydrogens is 342 g/mol. The predicted molar refractivity (Wildman–Crippen MR) is 104 cm³/mol. The topological polar surface area (TPSA) is 71.3 Å². The van der Waals surface area contributed by atoms with Crippen molar-refractivity contribution < 1.29 is 4.79 Å². The van der Waals surface area contributed by atoms with Crippen molar-refractivity contribution in [3.05, 3.63) is 64.2 Å². The Morgan fingerprint density at radius 2 is 1.81 bits per heavy atom. The highest BCUT2D eigenvalue weighted by Gasteiger charge is 2.25. The number of rotatable bonds is 2. The first-order chi connectivity index (χ1) is 13.1. The smallest absolute Gasteiger partial charge is 0.293 e. The second kappa shape index (κ2) is 6.83. The third kappa shape index (κ3) is 3.05.